The first kappa shape index (κ1) is 16.2. The topological polar surface area (TPSA) is 76.9 Å². The lowest BCUT2D eigenvalue weighted by molar-refractivity contribution is 0.103. The van der Waals surface area contributed by atoms with Crippen molar-refractivity contribution < 1.29 is 4.79 Å². The molecule has 0 aliphatic carbocycles. The van der Waals surface area contributed by atoms with Gasteiger partial charge in [-0.05, 0) is 30.7 Å². The second-order valence-electron chi connectivity index (χ2n) is 5.48. The van der Waals surface area contributed by atoms with E-state index >= 15 is 0 Å². The summed E-state index contributed by atoms with van der Waals surface area (Å²) in [5, 5.41) is 4.39. The minimum Gasteiger partial charge on any atom is -0.302 e. The first-order valence-electron chi connectivity index (χ1n) is 7.26. The van der Waals surface area contributed by atoms with Gasteiger partial charge in [0.25, 0.3) is 11.5 Å². The summed E-state index contributed by atoms with van der Waals surface area (Å²) in [6, 6.07) is 5.37. The predicted octanol–water partition coefficient (Wildman–Crippen LogP) is 3.82. The molecule has 3 heterocycles. The number of halogens is 1. The van der Waals surface area contributed by atoms with Crippen molar-refractivity contribution >= 4 is 65.7 Å². The number of thiophene rings is 1. The van der Waals surface area contributed by atoms with Crippen LogP contribution in [0.4, 0.5) is 5.13 Å². The van der Waals surface area contributed by atoms with Crippen LogP contribution >= 0.6 is 34.3 Å². The van der Waals surface area contributed by atoms with E-state index in [1.54, 1.807) is 20.0 Å². The number of nitrogens with zero attached hydrogens (tertiary/aromatic N) is 3. The van der Waals surface area contributed by atoms with Crippen LogP contribution in [0.2, 0.25) is 5.02 Å². The number of rotatable bonds is 2. The van der Waals surface area contributed by atoms with Crippen LogP contribution in [0.1, 0.15) is 15.2 Å². The molecular formula is C16H11ClN4O2S2. The SMILES string of the molecule is Cc1c(C(=O)Nc2nc3ccc(Cl)cc3s2)sc2ncn(C)c(=O)c12. The van der Waals surface area contributed by atoms with Gasteiger partial charge in [-0.15, -0.1) is 11.3 Å². The lowest BCUT2D eigenvalue weighted by atomic mass is 10.2. The summed E-state index contributed by atoms with van der Waals surface area (Å²) < 4.78 is 2.30. The number of fused-ring (bicyclic) bond motifs is 2. The molecule has 0 fully saturated rings. The molecule has 3 aromatic heterocycles. The van der Waals surface area contributed by atoms with Crippen molar-refractivity contribution in [3.8, 4) is 0 Å². The lowest BCUT2D eigenvalue weighted by Crippen LogP contribution is -2.17. The van der Waals surface area contributed by atoms with Crippen LogP contribution in [0, 0.1) is 6.92 Å². The molecule has 25 heavy (non-hydrogen) atoms. The van der Waals surface area contributed by atoms with Gasteiger partial charge in [-0.2, -0.15) is 0 Å². The highest BCUT2D eigenvalue weighted by atomic mass is 35.5. The molecule has 0 saturated carbocycles. The number of carbonyl (C=O) groups excluding carboxylic acids is 1. The molecule has 0 radical (unpaired) electrons. The molecule has 0 spiro atoms. The summed E-state index contributed by atoms with van der Waals surface area (Å²) in [5.74, 6) is -0.298. The number of hydrogen-bond acceptors (Lipinski definition) is 6. The number of nitrogens with one attached hydrogen (secondary N) is 1. The minimum atomic E-state index is -0.298. The van der Waals surface area contributed by atoms with Crippen LogP contribution < -0.4 is 10.9 Å². The van der Waals surface area contributed by atoms with Crippen LogP contribution in [0.15, 0.2) is 29.3 Å². The first-order valence-corrected chi connectivity index (χ1v) is 9.27. The van der Waals surface area contributed by atoms with Crippen molar-refractivity contribution in [2.24, 2.45) is 7.05 Å². The number of anilines is 1. The molecule has 4 aromatic rings. The average Bonchev–Trinajstić information content (AvgIpc) is 3.11. The van der Waals surface area contributed by atoms with Gasteiger partial charge in [0.05, 0.1) is 26.8 Å². The molecule has 0 unspecified atom stereocenters. The van der Waals surface area contributed by atoms with E-state index in [4.69, 9.17) is 11.6 Å². The lowest BCUT2D eigenvalue weighted by Gasteiger charge is -1.99. The summed E-state index contributed by atoms with van der Waals surface area (Å²) in [5.41, 5.74) is 1.25. The highest BCUT2D eigenvalue weighted by molar-refractivity contribution is 7.23. The van der Waals surface area contributed by atoms with Crippen molar-refractivity contribution in [1.82, 2.24) is 14.5 Å². The number of amides is 1. The monoisotopic (exact) mass is 390 g/mol. The Kier molecular flexibility index (Phi) is 3.82. The number of hydrogen-bond donors (Lipinski definition) is 1. The fourth-order valence-corrected chi connectivity index (χ4v) is 4.70. The highest BCUT2D eigenvalue weighted by Gasteiger charge is 2.20. The summed E-state index contributed by atoms with van der Waals surface area (Å²) >= 11 is 8.53. The molecule has 1 N–H and O–H groups in total. The summed E-state index contributed by atoms with van der Waals surface area (Å²) in [4.78, 5) is 34.6. The quantitative estimate of drug-likeness (QED) is 0.564. The maximum Gasteiger partial charge on any atom is 0.267 e. The van der Waals surface area contributed by atoms with E-state index < -0.39 is 0 Å². The van der Waals surface area contributed by atoms with E-state index in [9.17, 15) is 9.59 Å². The Labute approximate surface area is 154 Å². The fourth-order valence-electron chi connectivity index (χ4n) is 2.53. The number of benzene rings is 1. The van der Waals surface area contributed by atoms with Gasteiger partial charge in [-0.3, -0.25) is 14.9 Å². The van der Waals surface area contributed by atoms with Crippen molar-refractivity contribution in [3.05, 3.63) is 50.3 Å². The molecule has 0 bridgehead atoms. The maximum absolute atomic E-state index is 12.6. The fraction of sp³-hybridized carbons (Fsp3) is 0.125. The number of aromatic nitrogens is 3. The molecule has 0 atom stereocenters. The van der Waals surface area contributed by atoms with E-state index in [1.807, 2.05) is 12.1 Å². The molecule has 6 nitrogen and oxygen atoms in total. The Balaban J connectivity index is 1.73. The predicted molar refractivity (Wildman–Crippen MR) is 102 cm³/mol. The first-order chi connectivity index (χ1) is 11.9. The van der Waals surface area contributed by atoms with Gasteiger partial charge in [0.15, 0.2) is 5.13 Å². The Morgan fingerprint density at radius 2 is 2.12 bits per heavy atom. The molecule has 0 saturated heterocycles. The van der Waals surface area contributed by atoms with E-state index in [0.29, 0.717) is 30.8 Å². The molecule has 0 aliphatic rings. The third kappa shape index (κ3) is 2.72. The zero-order valence-electron chi connectivity index (χ0n) is 13.2. The van der Waals surface area contributed by atoms with E-state index in [-0.39, 0.29) is 11.5 Å². The van der Waals surface area contributed by atoms with Crippen molar-refractivity contribution in [1.29, 1.82) is 0 Å². The van der Waals surface area contributed by atoms with Crippen molar-refractivity contribution in [3.63, 3.8) is 0 Å². The third-order valence-corrected chi connectivity index (χ3v) is 6.16. The Morgan fingerprint density at radius 1 is 1.32 bits per heavy atom. The zero-order chi connectivity index (χ0) is 17.7. The summed E-state index contributed by atoms with van der Waals surface area (Å²) in [6.07, 6.45) is 1.46. The minimum absolute atomic E-state index is 0.160. The molecule has 1 aromatic carbocycles. The Bertz CT molecular complexity index is 1210. The second kappa shape index (κ2) is 5.91. The highest BCUT2D eigenvalue weighted by Crippen LogP contribution is 2.31. The average molecular weight is 391 g/mol. The van der Waals surface area contributed by atoms with Gasteiger partial charge in [0.2, 0.25) is 0 Å². The van der Waals surface area contributed by atoms with Gasteiger partial charge in [0.1, 0.15) is 4.83 Å². The van der Waals surface area contributed by atoms with E-state index in [1.165, 1.54) is 33.6 Å². The van der Waals surface area contributed by atoms with Gasteiger partial charge in [-0.25, -0.2) is 9.97 Å². The van der Waals surface area contributed by atoms with E-state index in [0.717, 1.165) is 10.2 Å². The molecule has 1 amide bonds. The normalized spacial score (nSPS) is 11.3. The maximum atomic E-state index is 12.6. The Hall–Kier alpha value is -2.29. The van der Waals surface area contributed by atoms with Crippen LogP contribution in [0.5, 0.6) is 0 Å². The van der Waals surface area contributed by atoms with Crippen LogP contribution in [0.3, 0.4) is 0 Å². The molecule has 9 heteroatoms. The standard InChI is InChI=1S/C16H11ClN4O2S2/c1-7-11-14(18-6-21(2)15(11)23)25-12(7)13(22)20-16-19-9-4-3-8(17)5-10(9)24-16/h3-6H,1-2H3,(H,19,20,22). The molecular weight excluding hydrogens is 380 g/mol. The van der Waals surface area contributed by atoms with Gasteiger partial charge < -0.3 is 4.57 Å². The van der Waals surface area contributed by atoms with Gasteiger partial charge in [-0.1, -0.05) is 22.9 Å². The van der Waals surface area contributed by atoms with Gasteiger partial charge in [0, 0.05) is 12.1 Å². The molecule has 0 aliphatic heterocycles. The van der Waals surface area contributed by atoms with E-state index in [2.05, 4.69) is 15.3 Å². The number of carbonyl (C=O) groups is 1. The van der Waals surface area contributed by atoms with Crippen LogP contribution in [-0.2, 0) is 7.05 Å². The van der Waals surface area contributed by atoms with Crippen LogP contribution in [0.25, 0.3) is 20.4 Å². The summed E-state index contributed by atoms with van der Waals surface area (Å²) in [6.45, 7) is 1.76. The molecule has 126 valence electrons. The smallest absolute Gasteiger partial charge is 0.267 e. The number of thiazole rings is 1. The Morgan fingerprint density at radius 3 is 2.92 bits per heavy atom. The zero-order valence-corrected chi connectivity index (χ0v) is 15.6. The van der Waals surface area contributed by atoms with Crippen LogP contribution in [-0.4, -0.2) is 20.4 Å². The van der Waals surface area contributed by atoms with Gasteiger partial charge >= 0.3 is 0 Å². The largest absolute Gasteiger partial charge is 0.302 e. The second-order valence-corrected chi connectivity index (χ2v) is 7.95. The molecule has 4 rings (SSSR count). The van der Waals surface area contributed by atoms with Crippen molar-refractivity contribution in [2.75, 3.05) is 5.32 Å². The van der Waals surface area contributed by atoms with Crippen molar-refractivity contribution in [2.45, 2.75) is 6.92 Å². The third-order valence-electron chi connectivity index (χ3n) is 3.79. The summed E-state index contributed by atoms with van der Waals surface area (Å²) in [7, 11) is 1.64. The number of aryl methyl sites for hydroxylation is 2.